The summed E-state index contributed by atoms with van der Waals surface area (Å²) >= 11 is 0. The molecule has 0 aromatic heterocycles. The van der Waals surface area contributed by atoms with E-state index in [0.717, 1.165) is 19.4 Å². The molecule has 0 aromatic rings. The Bertz CT molecular complexity index is 270. The van der Waals surface area contributed by atoms with Crippen molar-refractivity contribution in [3.05, 3.63) is 0 Å². The summed E-state index contributed by atoms with van der Waals surface area (Å²) in [6, 6.07) is 0.440. The summed E-state index contributed by atoms with van der Waals surface area (Å²) in [5.74, 6) is 0. The van der Waals surface area contributed by atoms with Gasteiger partial charge in [0.15, 0.2) is 0 Å². The van der Waals surface area contributed by atoms with Gasteiger partial charge in [-0.2, -0.15) is 0 Å². The standard InChI is InChI=1S/C18H37NO2/c1-6-15-19-16(11-14-17(2,3)20-4)18(21-5)12-9-7-8-10-13-18/h16,19H,6-15H2,1-5H3. The van der Waals surface area contributed by atoms with Crippen LogP contribution in [-0.2, 0) is 9.47 Å². The van der Waals surface area contributed by atoms with Crippen LogP contribution in [0.15, 0.2) is 0 Å². The largest absolute Gasteiger partial charge is 0.379 e. The zero-order valence-electron chi connectivity index (χ0n) is 15.0. The lowest BCUT2D eigenvalue weighted by atomic mass is 9.82. The smallest absolute Gasteiger partial charge is 0.0830 e. The zero-order chi connectivity index (χ0) is 15.8. The van der Waals surface area contributed by atoms with Crippen molar-refractivity contribution < 1.29 is 9.47 Å². The van der Waals surface area contributed by atoms with Gasteiger partial charge in [0.2, 0.25) is 0 Å². The maximum Gasteiger partial charge on any atom is 0.0830 e. The van der Waals surface area contributed by atoms with Crippen LogP contribution in [0.25, 0.3) is 0 Å². The SMILES string of the molecule is CCCNC(CCC(C)(C)OC)C1(OC)CCCCCC1. The molecule has 1 aliphatic rings. The number of methoxy groups -OCH3 is 2. The van der Waals surface area contributed by atoms with Gasteiger partial charge in [-0.3, -0.25) is 0 Å². The summed E-state index contributed by atoms with van der Waals surface area (Å²) in [7, 11) is 3.72. The summed E-state index contributed by atoms with van der Waals surface area (Å²) in [6.07, 6.45) is 11.0. The fourth-order valence-electron chi connectivity index (χ4n) is 3.49. The number of hydrogen-bond acceptors (Lipinski definition) is 3. The Morgan fingerprint density at radius 2 is 1.71 bits per heavy atom. The Kier molecular flexibility index (Phi) is 8.22. The van der Waals surface area contributed by atoms with Crippen LogP contribution in [0, 0.1) is 0 Å². The first-order valence-electron chi connectivity index (χ1n) is 8.83. The van der Waals surface area contributed by atoms with Crippen molar-refractivity contribution in [2.75, 3.05) is 20.8 Å². The normalized spacial score (nSPS) is 21.0. The average molecular weight is 299 g/mol. The van der Waals surface area contributed by atoms with Crippen molar-refractivity contribution in [2.45, 2.75) is 95.8 Å². The third kappa shape index (κ3) is 5.88. The number of ether oxygens (including phenoxy) is 2. The molecule has 0 heterocycles. The second-order valence-electron chi connectivity index (χ2n) is 7.19. The Labute approximate surface area is 132 Å². The zero-order valence-corrected chi connectivity index (χ0v) is 15.0. The topological polar surface area (TPSA) is 30.5 Å². The lowest BCUT2D eigenvalue weighted by molar-refractivity contribution is -0.0627. The molecule has 3 heteroatoms. The minimum Gasteiger partial charge on any atom is -0.379 e. The molecule has 0 radical (unpaired) electrons. The maximum atomic E-state index is 6.11. The summed E-state index contributed by atoms with van der Waals surface area (Å²) in [4.78, 5) is 0. The van der Waals surface area contributed by atoms with E-state index < -0.39 is 0 Å². The third-order valence-electron chi connectivity index (χ3n) is 5.22. The van der Waals surface area contributed by atoms with Gasteiger partial charge in [-0.05, 0) is 52.5 Å². The summed E-state index contributed by atoms with van der Waals surface area (Å²) in [6.45, 7) is 7.66. The van der Waals surface area contributed by atoms with Crippen LogP contribution in [0.2, 0.25) is 0 Å². The van der Waals surface area contributed by atoms with E-state index in [2.05, 4.69) is 26.1 Å². The molecule has 0 saturated heterocycles. The molecule has 1 unspecified atom stereocenters. The van der Waals surface area contributed by atoms with Crippen molar-refractivity contribution in [3.63, 3.8) is 0 Å². The molecule has 0 bridgehead atoms. The maximum absolute atomic E-state index is 6.11. The second-order valence-corrected chi connectivity index (χ2v) is 7.19. The van der Waals surface area contributed by atoms with Crippen LogP contribution in [0.5, 0.6) is 0 Å². The van der Waals surface area contributed by atoms with Gasteiger partial charge in [0, 0.05) is 20.3 Å². The highest BCUT2D eigenvalue weighted by Crippen LogP contribution is 2.35. The average Bonchev–Trinajstić information content (AvgIpc) is 2.73. The van der Waals surface area contributed by atoms with Crippen molar-refractivity contribution >= 4 is 0 Å². The van der Waals surface area contributed by atoms with Gasteiger partial charge in [-0.1, -0.05) is 32.6 Å². The first-order valence-corrected chi connectivity index (χ1v) is 8.83. The van der Waals surface area contributed by atoms with Crippen molar-refractivity contribution in [1.82, 2.24) is 5.32 Å². The lowest BCUT2D eigenvalue weighted by Crippen LogP contribution is -2.52. The van der Waals surface area contributed by atoms with E-state index in [4.69, 9.17) is 9.47 Å². The molecule has 1 atom stereocenters. The Hall–Kier alpha value is -0.120. The highest BCUT2D eigenvalue weighted by molar-refractivity contribution is 4.95. The van der Waals surface area contributed by atoms with Crippen molar-refractivity contribution in [3.8, 4) is 0 Å². The van der Waals surface area contributed by atoms with Gasteiger partial charge in [0.1, 0.15) is 0 Å². The van der Waals surface area contributed by atoms with Gasteiger partial charge in [-0.15, -0.1) is 0 Å². The van der Waals surface area contributed by atoms with Crippen LogP contribution in [0.4, 0.5) is 0 Å². The molecule has 1 aliphatic carbocycles. The van der Waals surface area contributed by atoms with Gasteiger partial charge in [0.05, 0.1) is 11.2 Å². The van der Waals surface area contributed by atoms with Gasteiger partial charge in [0.25, 0.3) is 0 Å². The Balaban J connectivity index is 2.76. The third-order valence-corrected chi connectivity index (χ3v) is 5.22. The van der Waals surface area contributed by atoms with E-state index in [1.54, 1.807) is 0 Å². The first-order chi connectivity index (χ1) is 9.99. The molecule has 0 aliphatic heterocycles. The molecule has 1 saturated carbocycles. The van der Waals surface area contributed by atoms with E-state index in [9.17, 15) is 0 Å². The monoisotopic (exact) mass is 299 g/mol. The minimum atomic E-state index is -0.0498. The molecule has 0 aromatic carbocycles. The summed E-state index contributed by atoms with van der Waals surface area (Å²) in [5, 5.41) is 3.77. The predicted octanol–water partition coefficient (Wildman–Crippen LogP) is 4.30. The van der Waals surface area contributed by atoms with E-state index in [-0.39, 0.29) is 11.2 Å². The molecule has 1 N–H and O–H groups in total. The molecule has 0 spiro atoms. The highest BCUT2D eigenvalue weighted by Gasteiger charge is 2.39. The fourth-order valence-corrected chi connectivity index (χ4v) is 3.49. The number of rotatable bonds is 9. The molecule has 1 fully saturated rings. The van der Waals surface area contributed by atoms with Crippen LogP contribution >= 0.6 is 0 Å². The molecule has 21 heavy (non-hydrogen) atoms. The van der Waals surface area contributed by atoms with Crippen LogP contribution < -0.4 is 5.32 Å². The molecule has 1 rings (SSSR count). The van der Waals surface area contributed by atoms with Gasteiger partial charge >= 0.3 is 0 Å². The molecular formula is C18H37NO2. The molecule has 126 valence electrons. The van der Waals surface area contributed by atoms with E-state index in [1.165, 1.54) is 44.9 Å². The number of nitrogens with one attached hydrogen (secondary N) is 1. The van der Waals surface area contributed by atoms with Crippen molar-refractivity contribution in [2.24, 2.45) is 0 Å². The van der Waals surface area contributed by atoms with E-state index in [0.29, 0.717) is 6.04 Å². The van der Waals surface area contributed by atoms with Crippen LogP contribution in [0.1, 0.15) is 78.6 Å². The Morgan fingerprint density at radius 1 is 1.10 bits per heavy atom. The fraction of sp³-hybridized carbons (Fsp3) is 1.00. The number of hydrogen-bond donors (Lipinski definition) is 1. The lowest BCUT2D eigenvalue weighted by Gasteiger charge is -2.41. The second kappa shape index (κ2) is 9.12. The van der Waals surface area contributed by atoms with Gasteiger partial charge in [-0.25, -0.2) is 0 Å². The molecular weight excluding hydrogens is 262 g/mol. The quantitative estimate of drug-likeness (QED) is 0.644. The van der Waals surface area contributed by atoms with Crippen LogP contribution in [0.3, 0.4) is 0 Å². The summed E-state index contributed by atoms with van der Waals surface area (Å²) < 4.78 is 11.7. The van der Waals surface area contributed by atoms with E-state index >= 15 is 0 Å². The predicted molar refractivity (Wildman–Crippen MR) is 89.8 cm³/mol. The Morgan fingerprint density at radius 3 is 2.19 bits per heavy atom. The van der Waals surface area contributed by atoms with Crippen molar-refractivity contribution in [1.29, 1.82) is 0 Å². The highest BCUT2D eigenvalue weighted by atomic mass is 16.5. The molecule has 0 amide bonds. The van der Waals surface area contributed by atoms with E-state index in [1.807, 2.05) is 14.2 Å². The first kappa shape index (κ1) is 18.9. The molecule has 3 nitrogen and oxygen atoms in total. The minimum absolute atomic E-state index is 0.0233. The summed E-state index contributed by atoms with van der Waals surface area (Å²) in [5.41, 5.74) is -0.0265. The van der Waals surface area contributed by atoms with Crippen LogP contribution in [-0.4, -0.2) is 38.0 Å². The van der Waals surface area contributed by atoms with Gasteiger partial charge < -0.3 is 14.8 Å².